The molecule has 1 atom stereocenters. The van der Waals surface area contributed by atoms with Crippen LogP contribution in [0.3, 0.4) is 0 Å². The summed E-state index contributed by atoms with van der Waals surface area (Å²) >= 11 is 0. The van der Waals surface area contributed by atoms with Crippen molar-refractivity contribution in [2.75, 3.05) is 6.54 Å². The standard InChI is InChI=1S/C15H20F3NO/c16-15(17,18)12-6-4-5-11(9-12)14(20)10-19-13-7-2-1-3-8-13/h4-6,9,13-14,19-20H,1-3,7-8,10H2. The highest BCUT2D eigenvalue weighted by atomic mass is 19.4. The van der Waals surface area contributed by atoms with E-state index >= 15 is 0 Å². The van der Waals surface area contributed by atoms with Crippen LogP contribution < -0.4 is 5.32 Å². The van der Waals surface area contributed by atoms with Crippen LogP contribution in [0.1, 0.15) is 49.3 Å². The van der Waals surface area contributed by atoms with Crippen LogP contribution in [0.2, 0.25) is 0 Å². The third-order valence-electron chi connectivity index (χ3n) is 3.80. The number of hydrogen-bond donors (Lipinski definition) is 2. The van der Waals surface area contributed by atoms with Gasteiger partial charge in [0.1, 0.15) is 0 Å². The van der Waals surface area contributed by atoms with E-state index in [4.69, 9.17) is 0 Å². The van der Waals surface area contributed by atoms with E-state index in [0.717, 1.165) is 25.0 Å². The van der Waals surface area contributed by atoms with Crippen molar-refractivity contribution in [3.8, 4) is 0 Å². The van der Waals surface area contributed by atoms with Crippen molar-refractivity contribution in [1.82, 2.24) is 5.32 Å². The molecule has 0 aromatic heterocycles. The predicted octanol–water partition coefficient (Wildman–Crippen LogP) is 3.66. The highest BCUT2D eigenvalue weighted by Crippen LogP contribution is 2.30. The van der Waals surface area contributed by atoms with Crippen LogP contribution in [0.25, 0.3) is 0 Å². The minimum atomic E-state index is -4.37. The van der Waals surface area contributed by atoms with Gasteiger partial charge in [0.15, 0.2) is 0 Å². The van der Waals surface area contributed by atoms with Gasteiger partial charge in [0.05, 0.1) is 11.7 Å². The smallest absolute Gasteiger partial charge is 0.387 e. The number of aliphatic hydroxyl groups excluding tert-OH is 1. The van der Waals surface area contributed by atoms with Gasteiger partial charge in [-0.05, 0) is 30.5 Å². The first-order valence-electron chi connectivity index (χ1n) is 7.05. The van der Waals surface area contributed by atoms with Crippen LogP contribution in [-0.2, 0) is 6.18 Å². The molecule has 20 heavy (non-hydrogen) atoms. The van der Waals surface area contributed by atoms with Crippen molar-refractivity contribution in [3.05, 3.63) is 35.4 Å². The maximum absolute atomic E-state index is 12.6. The van der Waals surface area contributed by atoms with Crippen molar-refractivity contribution in [2.45, 2.75) is 50.4 Å². The van der Waals surface area contributed by atoms with Crippen molar-refractivity contribution in [3.63, 3.8) is 0 Å². The van der Waals surface area contributed by atoms with E-state index < -0.39 is 17.8 Å². The fourth-order valence-electron chi connectivity index (χ4n) is 2.63. The summed E-state index contributed by atoms with van der Waals surface area (Å²) in [7, 11) is 0. The number of nitrogens with one attached hydrogen (secondary N) is 1. The third-order valence-corrected chi connectivity index (χ3v) is 3.80. The van der Waals surface area contributed by atoms with Gasteiger partial charge in [0.2, 0.25) is 0 Å². The molecular weight excluding hydrogens is 267 g/mol. The van der Waals surface area contributed by atoms with Crippen LogP contribution >= 0.6 is 0 Å². The van der Waals surface area contributed by atoms with Gasteiger partial charge in [0.25, 0.3) is 0 Å². The fourth-order valence-corrected chi connectivity index (χ4v) is 2.63. The van der Waals surface area contributed by atoms with E-state index in [1.165, 1.54) is 31.4 Å². The van der Waals surface area contributed by atoms with Gasteiger partial charge in [-0.15, -0.1) is 0 Å². The highest BCUT2D eigenvalue weighted by molar-refractivity contribution is 5.27. The molecule has 1 aromatic carbocycles. The van der Waals surface area contributed by atoms with Gasteiger partial charge in [0, 0.05) is 12.6 Å². The molecule has 1 aromatic rings. The molecule has 2 nitrogen and oxygen atoms in total. The van der Waals surface area contributed by atoms with Crippen molar-refractivity contribution in [1.29, 1.82) is 0 Å². The normalized spacial score (nSPS) is 19.0. The molecule has 0 aliphatic heterocycles. The fraction of sp³-hybridized carbons (Fsp3) is 0.600. The maximum Gasteiger partial charge on any atom is 0.416 e. The van der Waals surface area contributed by atoms with Gasteiger partial charge >= 0.3 is 6.18 Å². The number of aliphatic hydroxyl groups is 1. The van der Waals surface area contributed by atoms with Gasteiger partial charge < -0.3 is 10.4 Å². The summed E-state index contributed by atoms with van der Waals surface area (Å²) in [5.41, 5.74) is -0.408. The molecule has 5 heteroatoms. The average Bonchev–Trinajstić information content (AvgIpc) is 2.45. The van der Waals surface area contributed by atoms with Crippen LogP contribution in [0.4, 0.5) is 13.2 Å². The number of hydrogen-bond acceptors (Lipinski definition) is 2. The summed E-state index contributed by atoms with van der Waals surface area (Å²) in [6.07, 6.45) is 0.486. The second kappa shape index (κ2) is 6.59. The Balaban J connectivity index is 1.93. The average molecular weight is 287 g/mol. The van der Waals surface area contributed by atoms with E-state index in [9.17, 15) is 18.3 Å². The molecule has 1 aliphatic carbocycles. The molecule has 0 bridgehead atoms. The second-order valence-corrected chi connectivity index (χ2v) is 5.38. The Morgan fingerprint density at radius 3 is 2.55 bits per heavy atom. The van der Waals surface area contributed by atoms with Crippen LogP contribution in [0, 0.1) is 0 Å². The lowest BCUT2D eigenvalue weighted by molar-refractivity contribution is -0.137. The number of alkyl halides is 3. The Kier molecular flexibility index (Phi) is 5.05. The summed E-state index contributed by atoms with van der Waals surface area (Å²) in [5, 5.41) is 13.3. The first-order chi connectivity index (χ1) is 9.47. The van der Waals surface area contributed by atoms with E-state index in [-0.39, 0.29) is 0 Å². The molecule has 112 valence electrons. The predicted molar refractivity (Wildman–Crippen MR) is 71.3 cm³/mol. The molecular formula is C15H20F3NO. The molecule has 2 rings (SSSR count). The summed E-state index contributed by atoms with van der Waals surface area (Å²) in [6, 6.07) is 5.28. The Morgan fingerprint density at radius 1 is 1.20 bits per heavy atom. The zero-order valence-electron chi connectivity index (χ0n) is 11.3. The largest absolute Gasteiger partial charge is 0.416 e. The van der Waals surface area contributed by atoms with Crippen molar-refractivity contribution >= 4 is 0 Å². The monoisotopic (exact) mass is 287 g/mol. The first kappa shape index (κ1) is 15.3. The van der Waals surface area contributed by atoms with Gasteiger partial charge in [-0.25, -0.2) is 0 Å². The van der Waals surface area contributed by atoms with E-state index in [1.54, 1.807) is 0 Å². The lowest BCUT2D eigenvalue weighted by Gasteiger charge is -2.24. The first-order valence-corrected chi connectivity index (χ1v) is 7.05. The maximum atomic E-state index is 12.6. The Labute approximate surface area is 117 Å². The van der Waals surface area contributed by atoms with Gasteiger partial charge in [-0.3, -0.25) is 0 Å². The molecule has 1 aliphatic rings. The number of benzene rings is 1. The molecule has 0 radical (unpaired) electrons. The lowest BCUT2D eigenvalue weighted by atomic mass is 9.95. The zero-order valence-corrected chi connectivity index (χ0v) is 11.3. The van der Waals surface area contributed by atoms with Gasteiger partial charge in [-0.2, -0.15) is 13.2 Å². The Morgan fingerprint density at radius 2 is 1.90 bits per heavy atom. The summed E-state index contributed by atoms with van der Waals surface area (Å²) in [6.45, 7) is 0.298. The molecule has 1 saturated carbocycles. The van der Waals surface area contributed by atoms with E-state index in [0.29, 0.717) is 18.2 Å². The molecule has 0 saturated heterocycles. The zero-order chi connectivity index (χ0) is 14.6. The third kappa shape index (κ3) is 4.21. The van der Waals surface area contributed by atoms with E-state index in [1.807, 2.05) is 0 Å². The lowest BCUT2D eigenvalue weighted by Crippen LogP contribution is -2.34. The van der Waals surface area contributed by atoms with E-state index in [2.05, 4.69) is 5.32 Å². The molecule has 0 spiro atoms. The molecule has 2 N–H and O–H groups in total. The van der Waals surface area contributed by atoms with Crippen LogP contribution in [0.15, 0.2) is 24.3 Å². The van der Waals surface area contributed by atoms with Crippen molar-refractivity contribution < 1.29 is 18.3 Å². The quantitative estimate of drug-likeness (QED) is 0.885. The number of rotatable bonds is 4. The topological polar surface area (TPSA) is 32.3 Å². The second-order valence-electron chi connectivity index (χ2n) is 5.38. The summed E-state index contributed by atoms with van der Waals surface area (Å²) in [5.74, 6) is 0. The highest BCUT2D eigenvalue weighted by Gasteiger charge is 2.30. The van der Waals surface area contributed by atoms with Crippen molar-refractivity contribution in [2.24, 2.45) is 0 Å². The number of halogens is 3. The van der Waals surface area contributed by atoms with Crippen LogP contribution in [0.5, 0.6) is 0 Å². The summed E-state index contributed by atoms with van der Waals surface area (Å²) in [4.78, 5) is 0. The molecule has 0 amide bonds. The molecule has 1 fully saturated rings. The Hall–Kier alpha value is -1.07. The summed E-state index contributed by atoms with van der Waals surface area (Å²) < 4.78 is 37.8. The Bertz CT molecular complexity index is 427. The SMILES string of the molecule is OC(CNC1CCCCC1)c1cccc(C(F)(F)F)c1. The minimum Gasteiger partial charge on any atom is -0.387 e. The van der Waals surface area contributed by atoms with Gasteiger partial charge in [-0.1, -0.05) is 31.4 Å². The molecule has 0 heterocycles. The van der Waals surface area contributed by atoms with Crippen LogP contribution in [-0.4, -0.2) is 17.7 Å². The molecule has 1 unspecified atom stereocenters. The minimum absolute atomic E-state index is 0.298.